The minimum absolute atomic E-state index is 0.313. The average Bonchev–Trinajstić information content (AvgIpc) is 2.79. The van der Waals surface area contributed by atoms with Gasteiger partial charge in [-0.3, -0.25) is 4.79 Å². The maximum Gasteiger partial charge on any atom is 0.271 e. The number of carbonyl (C=O) groups is 1. The third-order valence-corrected chi connectivity index (χ3v) is 5.32. The van der Waals surface area contributed by atoms with Crippen molar-refractivity contribution in [1.29, 1.82) is 0 Å². The second kappa shape index (κ2) is 9.65. The van der Waals surface area contributed by atoms with E-state index in [1.165, 1.54) is 0 Å². The Labute approximate surface area is 190 Å². The number of halogens is 2. The Morgan fingerprint density at radius 1 is 0.935 bits per heavy atom. The summed E-state index contributed by atoms with van der Waals surface area (Å²) in [6.07, 6.45) is 1.59. The van der Waals surface area contributed by atoms with Gasteiger partial charge in [-0.2, -0.15) is 5.10 Å². The second-order valence-electron chi connectivity index (χ2n) is 6.79. The molecule has 6 heteroatoms. The molecule has 0 bridgehead atoms. The molecule has 0 radical (unpaired) electrons. The topological polar surface area (TPSA) is 50.7 Å². The van der Waals surface area contributed by atoms with E-state index < -0.39 is 0 Å². The Morgan fingerprint density at radius 2 is 1.74 bits per heavy atom. The largest absolute Gasteiger partial charge is 0.488 e. The van der Waals surface area contributed by atoms with Gasteiger partial charge >= 0.3 is 0 Å². The van der Waals surface area contributed by atoms with E-state index in [9.17, 15) is 4.79 Å². The van der Waals surface area contributed by atoms with E-state index in [1.54, 1.807) is 30.5 Å². The molecule has 0 saturated heterocycles. The summed E-state index contributed by atoms with van der Waals surface area (Å²) in [7, 11) is 0. The maximum absolute atomic E-state index is 12.4. The number of ether oxygens (including phenoxy) is 1. The van der Waals surface area contributed by atoms with Crippen LogP contribution in [0.4, 0.5) is 0 Å². The molecule has 0 aliphatic heterocycles. The quantitative estimate of drug-likeness (QED) is 0.270. The number of rotatable bonds is 6. The zero-order chi connectivity index (χ0) is 21.6. The molecule has 0 unspecified atom stereocenters. The van der Waals surface area contributed by atoms with Crippen LogP contribution < -0.4 is 10.2 Å². The fourth-order valence-electron chi connectivity index (χ4n) is 3.16. The van der Waals surface area contributed by atoms with Gasteiger partial charge in [0.25, 0.3) is 5.91 Å². The van der Waals surface area contributed by atoms with E-state index in [-0.39, 0.29) is 5.91 Å². The fourth-order valence-corrected chi connectivity index (χ4v) is 3.54. The molecule has 0 atom stereocenters. The molecule has 31 heavy (non-hydrogen) atoms. The van der Waals surface area contributed by atoms with Crippen molar-refractivity contribution in [3.63, 3.8) is 0 Å². The molecule has 4 nitrogen and oxygen atoms in total. The number of amides is 1. The third kappa shape index (κ3) is 5.05. The molecule has 0 aromatic heterocycles. The van der Waals surface area contributed by atoms with Gasteiger partial charge in [0.2, 0.25) is 0 Å². The highest BCUT2D eigenvalue weighted by atomic mass is 35.5. The van der Waals surface area contributed by atoms with Gasteiger partial charge in [0, 0.05) is 26.7 Å². The summed E-state index contributed by atoms with van der Waals surface area (Å²) in [5.74, 6) is 0.289. The van der Waals surface area contributed by atoms with Crippen molar-refractivity contribution in [2.45, 2.75) is 6.61 Å². The highest BCUT2D eigenvalue weighted by Crippen LogP contribution is 2.28. The normalized spacial score (nSPS) is 11.0. The van der Waals surface area contributed by atoms with Crippen LogP contribution in [0.3, 0.4) is 0 Å². The summed E-state index contributed by atoms with van der Waals surface area (Å²) in [4.78, 5) is 12.4. The Morgan fingerprint density at radius 3 is 2.58 bits per heavy atom. The standard InChI is InChI=1S/C25H18Cl2N2O2/c26-20-9-5-8-18(14-20)25(30)29-28-15-22-21-10-3-1-6-17(21)12-13-24(22)31-16-19-7-2-4-11-23(19)27/h1-15H,16H2,(H,29,30)/b28-15-. The van der Waals surface area contributed by atoms with E-state index in [0.717, 1.165) is 21.9 Å². The van der Waals surface area contributed by atoms with Crippen molar-refractivity contribution < 1.29 is 9.53 Å². The zero-order valence-electron chi connectivity index (χ0n) is 16.4. The van der Waals surface area contributed by atoms with Crippen LogP contribution >= 0.6 is 23.2 Å². The molecule has 0 aliphatic carbocycles. The number of nitrogens with one attached hydrogen (secondary N) is 1. The van der Waals surface area contributed by atoms with Gasteiger partial charge in [0.1, 0.15) is 12.4 Å². The van der Waals surface area contributed by atoms with E-state index in [4.69, 9.17) is 27.9 Å². The number of nitrogens with zero attached hydrogens (tertiary/aromatic N) is 1. The number of benzene rings is 4. The molecule has 0 spiro atoms. The average molecular weight is 449 g/mol. The summed E-state index contributed by atoms with van der Waals surface area (Å²) in [5, 5.41) is 7.29. The Kier molecular flexibility index (Phi) is 6.51. The van der Waals surface area contributed by atoms with Crippen molar-refractivity contribution in [1.82, 2.24) is 5.43 Å². The summed E-state index contributed by atoms with van der Waals surface area (Å²) in [6, 6.07) is 26.0. The Bertz CT molecular complexity index is 1270. The van der Waals surface area contributed by atoms with Crippen LogP contribution in [-0.4, -0.2) is 12.1 Å². The first-order valence-electron chi connectivity index (χ1n) is 9.59. The van der Waals surface area contributed by atoms with Gasteiger partial charge in [0.05, 0.1) is 6.21 Å². The van der Waals surface area contributed by atoms with Crippen LogP contribution in [0, 0.1) is 0 Å². The second-order valence-corrected chi connectivity index (χ2v) is 7.63. The summed E-state index contributed by atoms with van der Waals surface area (Å²) in [6.45, 7) is 0.313. The van der Waals surface area contributed by atoms with Crippen molar-refractivity contribution in [3.05, 3.63) is 112 Å². The van der Waals surface area contributed by atoms with Gasteiger partial charge in [0.15, 0.2) is 0 Å². The molecular formula is C25H18Cl2N2O2. The highest BCUT2D eigenvalue weighted by Gasteiger charge is 2.10. The molecule has 0 aliphatic rings. The van der Waals surface area contributed by atoms with Crippen LogP contribution in [0.25, 0.3) is 10.8 Å². The monoisotopic (exact) mass is 448 g/mol. The molecule has 154 valence electrons. The van der Waals surface area contributed by atoms with Crippen LogP contribution in [-0.2, 0) is 6.61 Å². The van der Waals surface area contributed by atoms with Gasteiger partial charge < -0.3 is 4.74 Å². The maximum atomic E-state index is 12.4. The molecule has 0 saturated carbocycles. The lowest BCUT2D eigenvalue weighted by molar-refractivity contribution is 0.0955. The first-order valence-corrected chi connectivity index (χ1v) is 10.3. The molecule has 0 heterocycles. The van der Waals surface area contributed by atoms with Gasteiger partial charge in [-0.05, 0) is 41.1 Å². The fraction of sp³-hybridized carbons (Fsp3) is 0.0400. The molecule has 4 aromatic carbocycles. The minimum Gasteiger partial charge on any atom is -0.488 e. The number of carbonyl (C=O) groups excluding carboxylic acids is 1. The summed E-state index contributed by atoms with van der Waals surface area (Å²) in [5.41, 5.74) is 4.62. The number of hydrogen-bond acceptors (Lipinski definition) is 3. The lowest BCUT2D eigenvalue weighted by Crippen LogP contribution is -2.17. The molecular weight excluding hydrogens is 431 g/mol. The molecule has 1 amide bonds. The van der Waals surface area contributed by atoms with Gasteiger partial charge in [-0.1, -0.05) is 77.8 Å². The van der Waals surface area contributed by atoms with E-state index in [0.29, 0.717) is 28.0 Å². The van der Waals surface area contributed by atoms with Crippen molar-refractivity contribution in [3.8, 4) is 5.75 Å². The Balaban J connectivity index is 1.60. The number of hydrogen-bond donors (Lipinski definition) is 1. The summed E-state index contributed by atoms with van der Waals surface area (Å²) < 4.78 is 6.06. The Hall–Kier alpha value is -3.34. The zero-order valence-corrected chi connectivity index (χ0v) is 17.9. The molecule has 4 rings (SSSR count). The van der Waals surface area contributed by atoms with E-state index in [2.05, 4.69) is 10.5 Å². The first-order chi connectivity index (χ1) is 15.1. The minimum atomic E-state index is -0.350. The number of hydrazone groups is 1. The van der Waals surface area contributed by atoms with Crippen molar-refractivity contribution in [2.24, 2.45) is 5.10 Å². The smallest absolute Gasteiger partial charge is 0.271 e. The summed E-state index contributed by atoms with van der Waals surface area (Å²) >= 11 is 12.2. The van der Waals surface area contributed by atoms with Crippen molar-refractivity contribution in [2.75, 3.05) is 0 Å². The molecule has 1 N–H and O–H groups in total. The lowest BCUT2D eigenvalue weighted by Gasteiger charge is -2.12. The SMILES string of the molecule is O=C(N/N=C\c1c(OCc2ccccc2Cl)ccc2ccccc12)c1cccc(Cl)c1. The third-order valence-electron chi connectivity index (χ3n) is 4.72. The van der Waals surface area contributed by atoms with Gasteiger partial charge in [-0.25, -0.2) is 5.43 Å². The van der Waals surface area contributed by atoms with Crippen LogP contribution in [0.1, 0.15) is 21.5 Å². The van der Waals surface area contributed by atoms with E-state index >= 15 is 0 Å². The number of fused-ring (bicyclic) bond motifs is 1. The predicted molar refractivity (Wildman–Crippen MR) is 126 cm³/mol. The highest BCUT2D eigenvalue weighted by molar-refractivity contribution is 6.31. The van der Waals surface area contributed by atoms with Crippen molar-refractivity contribution >= 4 is 46.1 Å². The van der Waals surface area contributed by atoms with E-state index in [1.807, 2.05) is 60.7 Å². The van der Waals surface area contributed by atoms with Crippen LogP contribution in [0.5, 0.6) is 5.75 Å². The van der Waals surface area contributed by atoms with Gasteiger partial charge in [-0.15, -0.1) is 0 Å². The molecule has 0 fully saturated rings. The lowest BCUT2D eigenvalue weighted by atomic mass is 10.0. The predicted octanol–water partition coefficient (Wildman–Crippen LogP) is 6.49. The van der Waals surface area contributed by atoms with Crippen LogP contribution in [0.2, 0.25) is 10.0 Å². The van der Waals surface area contributed by atoms with Crippen LogP contribution in [0.15, 0.2) is 90.0 Å². The first kappa shape index (κ1) is 20.9. The molecule has 4 aromatic rings.